The number of H-pyrrole nitrogens is 1. The molecule has 0 aliphatic rings. The molecule has 0 aliphatic heterocycles. The number of carbonyl (C=O) groups is 4. The molecule has 2 rings (SSSR count). The average Bonchev–Trinajstić information content (AvgIpc) is 3.08. The summed E-state index contributed by atoms with van der Waals surface area (Å²) in [6.45, 7) is 9.99. The highest BCUT2D eigenvalue weighted by Crippen LogP contribution is 2.19. The number of hydrogen-bond acceptors (Lipinski definition) is 4. The Morgan fingerprint density at radius 1 is 0.906 bits per heavy atom. The molecule has 0 saturated carbocycles. The number of hydrogen-bond donors (Lipinski definition) is 5. The highest BCUT2D eigenvalue weighted by atomic mass is 16.2. The van der Waals surface area contributed by atoms with Crippen molar-refractivity contribution in [3.63, 3.8) is 0 Å². The topological polar surface area (TPSA) is 132 Å². The van der Waals surface area contributed by atoms with Crippen LogP contribution < -0.4 is 21.3 Å². The van der Waals surface area contributed by atoms with Gasteiger partial charge in [0.15, 0.2) is 0 Å². The van der Waals surface area contributed by atoms with E-state index in [1.807, 2.05) is 45.0 Å². The average molecular weight is 444 g/mol. The summed E-state index contributed by atoms with van der Waals surface area (Å²) in [6, 6.07) is 5.10. The van der Waals surface area contributed by atoms with Gasteiger partial charge in [-0.2, -0.15) is 0 Å². The van der Waals surface area contributed by atoms with E-state index in [9.17, 15) is 19.2 Å². The second kappa shape index (κ2) is 10.3. The lowest BCUT2D eigenvalue weighted by Gasteiger charge is -2.26. The number of amides is 4. The molecule has 0 radical (unpaired) electrons. The largest absolute Gasteiger partial charge is 0.361 e. The predicted octanol–water partition coefficient (Wildman–Crippen LogP) is 1.14. The van der Waals surface area contributed by atoms with Gasteiger partial charge in [0.05, 0.1) is 0 Å². The number of carbonyl (C=O) groups excluding carboxylic acids is 4. The molecule has 2 aromatic rings. The monoisotopic (exact) mass is 443 g/mol. The first kappa shape index (κ1) is 24.9. The third-order valence-corrected chi connectivity index (χ3v) is 4.80. The number of benzene rings is 1. The zero-order valence-corrected chi connectivity index (χ0v) is 19.5. The fourth-order valence-corrected chi connectivity index (χ4v) is 3.25. The molecule has 1 aromatic carbocycles. The van der Waals surface area contributed by atoms with Crippen LogP contribution in [-0.2, 0) is 25.6 Å². The second-order valence-corrected chi connectivity index (χ2v) is 9.02. The summed E-state index contributed by atoms with van der Waals surface area (Å²) in [5.41, 5.74) is 1.32. The van der Waals surface area contributed by atoms with E-state index in [2.05, 4.69) is 26.3 Å². The molecule has 5 N–H and O–H groups in total. The summed E-state index contributed by atoms with van der Waals surface area (Å²) in [5.74, 6) is -1.66. The Balaban J connectivity index is 2.20. The van der Waals surface area contributed by atoms with Crippen molar-refractivity contribution in [2.75, 3.05) is 0 Å². The van der Waals surface area contributed by atoms with Gasteiger partial charge in [0.1, 0.15) is 18.1 Å². The van der Waals surface area contributed by atoms with Crippen LogP contribution in [0.1, 0.15) is 47.1 Å². The van der Waals surface area contributed by atoms with E-state index in [0.717, 1.165) is 16.5 Å². The summed E-state index contributed by atoms with van der Waals surface area (Å²) >= 11 is 0. The van der Waals surface area contributed by atoms with Crippen LogP contribution in [0.5, 0.6) is 0 Å². The molecule has 0 saturated heterocycles. The van der Waals surface area contributed by atoms with Gasteiger partial charge in [-0.05, 0) is 46.2 Å². The molecule has 4 amide bonds. The molecule has 0 bridgehead atoms. The zero-order valence-electron chi connectivity index (χ0n) is 19.5. The van der Waals surface area contributed by atoms with E-state index in [0.29, 0.717) is 0 Å². The van der Waals surface area contributed by atoms with E-state index in [1.54, 1.807) is 13.1 Å². The van der Waals surface area contributed by atoms with Crippen LogP contribution in [0.15, 0.2) is 30.5 Å². The number of aromatic amines is 1. The van der Waals surface area contributed by atoms with Gasteiger partial charge < -0.3 is 26.3 Å². The van der Waals surface area contributed by atoms with Crippen molar-refractivity contribution in [1.29, 1.82) is 0 Å². The Bertz CT molecular complexity index is 992. The molecule has 0 fully saturated rings. The highest BCUT2D eigenvalue weighted by Gasteiger charge is 2.28. The predicted molar refractivity (Wildman–Crippen MR) is 123 cm³/mol. The Labute approximate surface area is 188 Å². The minimum Gasteiger partial charge on any atom is -0.361 e. The molecule has 1 heterocycles. The van der Waals surface area contributed by atoms with Gasteiger partial charge >= 0.3 is 0 Å². The SMILES string of the molecule is CC(=O)N[C@@H](C)C(=O)N[C@@H](Cc1c[nH]c2ccccc12)C(=O)N[C@@H](C)C(=O)NC(C)(C)C. The molecule has 0 aliphatic carbocycles. The van der Waals surface area contributed by atoms with Gasteiger partial charge in [0, 0.05) is 36.0 Å². The molecular weight excluding hydrogens is 410 g/mol. The molecule has 0 spiro atoms. The van der Waals surface area contributed by atoms with Crippen LogP contribution in [0.25, 0.3) is 10.9 Å². The molecule has 1 aromatic heterocycles. The standard InChI is InChI=1S/C23H33N5O4/c1-13(25-15(3)29)20(30)27-19(11-16-12-24-18-10-8-7-9-17(16)18)22(32)26-14(2)21(31)28-23(4,5)6/h7-10,12-14,19,24H,11H2,1-6H3,(H,25,29)(H,26,32)(H,27,30)(H,28,31)/t13-,14-,19-/m0/s1. The van der Waals surface area contributed by atoms with Crippen molar-refractivity contribution in [3.05, 3.63) is 36.0 Å². The van der Waals surface area contributed by atoms with Crippen molar-refractivity contribution in [1.82, 2.24) is 26.3 Å². The van der Waals surface area contributed by atoms with Crippen LogP contribution in [-0.4, -0.2) is 52.3 Å². The van der Waals surface area contributed by atoms with Gasteiger partial charge in [-0.15, -0.1) is 0 Å². The van der Waals surface area contributed by atoms with Crippen molar-refractivity contribution in [3.8, 4) is 0 Å². The quantitative estimate of drug-likeness (QED) is 0.418. The number of rotatable bonds is 8. The lowest BCUT2D eigenvalue weighted by molar-refractivity contribution is -0.133. The number of nitrogens with one attached hydrogen (secondary N) is 5. The zero-order chi connectivity index (χ0) is 24.1. The molecular formula is C23H33N5O4. The molecule has 9 heteroatoms. The summed E-state index contributed by atoms with van der Waals surface area (Å²) in [4.78, 5) is 52.5. The fourth-order valence-electron chi connectivity index (χ4n) is 3.25. The van der Waals surface area contributed by atoms with Gasteiger partial charge in [-0.25, -0.2) is 0 Å². The first-order valence-corrected chi connectivity index (χ1v) is 10.6. The minimum absolute atomic E-state index is 0.210. The van der Waals surface area contributed by atoms with Crippen molar-refractivity contribution in [2.45, 2.75) is 71.6 Å². The van der Waals surface area contributed by atoms with E-state index in [1.165, 1.54) is 13.8 Å². The Kier molecular flexibility index (Phi) is 8.02. The fraction of sp³-hybridized carbons (Fsp3) is 0.478. The number of fused-ring (bicyclic) bond motifs is 1. The first-order valence-electron chi connectivity index (χ1n) is 10.6. The Morgan fingerprint density at radius 3 is 2.16 bits per heavy atom. The van der Waals surface area contributed by atoms with E-state index >= 15 is 0 Å². The molecule has 174 valence electrons. The van der Waals surface area contributed by atoms with Gasteiger partial charge in [0.2, 0.25) is 23.6 Å². The maximum atomic E-state index is 13.1. The highest BCUT2D eigenvalue weighted by molar-refractivity contribution is 5.94. The van der Waals surface area contributed by atoms with Crippen molar-refractivity contribution >= 4 is 34.5 Å². The van der Waals surface area contributed by atoms with Gasteiger partial charge in [0.25, 0.3) is 0 Å². The third kappa shape index (κ3) is 7.11. The summed E-state index contributed by atoms with van der Waals surface area (Å²) in [7, 11) is 0. The number of para-hydroxylation sites is 1. The lowest BCUT2D eigenvalue weighted by atomic mass is 10.0. The van der Waals surface area contributed by atoms with Crippen LogP contribution >= 0.6 is 0 Å². The molecule has 3 atom stereocenters. The Morgan fingerprint density at radius 2 is 1.53 bits per heavy atom. The van der Waals surface area contributed by atoms with Crippen LogP contribution in [0.3, 0.4) is 0 Å². The van der Waals surface area contributed by atoms with Gasteiger partial charge in [-0.1, -0.05) is 18.2 Å². The normalized spacial score (nSPS) is 14.2. The Hall–Kier alpha value is -3.36. The first-order chi connectivity index (χ1) is 14.9. The maximum absolute atomic E-state index is 13.1. The molecule has 9 nitrogen and oxygen atoms in total. The molecule has 0 unspecified atom stereocenters. The summed E-state index contributed by atoms with van der Waals surface area (Å²) in [6.07, 6.45) is 2.01. The van der Waals surface area contributed by atoms with Crippen LogP contribution in [0.4, 0.5) is 0 Å². The summed E-state index contributed by atoms with van der Waals surface area (Å²) < 4.78 is 0. The number of aromatic nitrogens is 1. The molecule has 32 heavy (non-hydrogen) atoms. The van der Waals surface area contributed by atoms with Gasteiger partial charge in [-0.3, -0.25) is 19.2 Å². The van der Waals surface area contributed by atoms with Crippen LogP contribution in [0, 0.1) is 0 Å². The van der Waals surface area contributed by atoms with E-state index in [4.69, 9.17) is 0 Å². The van der Waals surface area contributed by atoms with Crippen molar-refractivity contribution in [2.24, 2.45) is 0 Å². The summed E-state index contributed by atoms with van der Waals surface area (Å²) in [5, 5.41) is 11.7. The third-order valence-electron chi connectivity index (χ3n) is 4.80. The van der Waals surface area contributed by atoms with E-state index < -0.39 is 35.5 Å². The minimum atomic E-state index is -0.942. The lowest BCUT2D eigenvalue weighted by Crippen LogP contribution is -2.57. The maximum Gasteiger partial charge on any atom is 0.243 e. The van der Waals surface area contributed by atoms with Crippen molar-refractivity contribution < 1.29 is 19.2 Å². The second-order valence-electron chi connectivity index (χ2n) is 9.02. The van der Waals surface area contributed by atoms with E-state index in [-0.39, 0.29) is 18.2 Å². The van der Waals surface area contributed by atoms with Crippen LogP contribution in [0.2, 0.25) is 0 Å². The smallest absolute Gasteiger partial charge is 0.243 e.